The Morgan fingerprint density at radius 3 is 2.29 bits per heavy atom. The van der Waals surface area contributed by atoms with Gasteiger partial charge < -0.3 is 16.4 Å². The van der Waals surface area contributed by atoms with Crippen molar-refractivity contribution in [2.24, 2.45) is 11.7 Å². The van der Waals surface area contributed by atoms with Gasteiger partial charge in [-0.05, 0) is 0 Å². The molecule has 5 nitrogen and oxygen atoms in total. The predicted molar refractivity (Wildman–Crippen MR) is 54.5 cm³/mol. The van der Waals surface area contributed by atoms with Gasteiger partial charge in [-0.3, -0.25) is 9.59 Å². The summed E-state index contributed by atoms with van der Waals surface area (Å²) < 4.78 is 0. The van der Waals surface area contributed by atoms with E-state index in [0.717, 1.165) is 0 Å². The molecule has 14 heavy (non-hydrogen) atoms. The second-order valence-electron chi connectivity index (χ2n) is 3.33. The molecular weight excluding hydrogens is 182 g/mol. The third-order valence-corrected chi connectivity index (χ3v) is 1.64. The quantitative estimate of drug-likeness (QED) is 0.493. The van der Waals surface area contributed by atoms with Gasteiger partial charge >= 0.3 is 0 Å². The third-order valence-electron chi connectivity index (χ3n) is 1.64. The highest BCUT2D eigenvalue weighted by Crippen LogP contribution is 1.88. The van der Waals surface area contributed by atoms with Crippen molar-refractivity contribution in [3.05, 3.63) is 0 Å². The number of nitrogens with one attached hydrogen (secondary N) is 2. The van der Waals surface area contributed by atoms with Gasteiger partial charge in [0.25, 0.3) is 0 Å². The Kier molecular flexibility index (Phi) is 6.74. The molecule has 0 spiro atoms. The van der Waals surface area contributed by atoms with Gasteiger partial charge in [0.1, 0.15) is 0 Å². The molecule has 0 aromatic heterocycles. The first-order valence-electron chi connectivity index (χ1n) is 4.82. The summed E-state index contributed by atoms with van der Waals surface area (Å²) in [6.07, 6.45) is 0.331. The first-order valence-corrected chi connectivity index (χ1v) is 4.82. The molecule has 4 N–H and O–H groups in total. The first kappa shape index (κ1) is 12.9. The molecule has 2 amide bonds. The van der Waals surface area contributed by atoms with Crippen LogP contribution in [0.1, 0.15) is 20.3 Å². The molecular formula is C9H19N3O2. The number of carbonyl (C=O) groups is 2. The van der Waals surface area contributed by atoms with Crippen molar-refractivity contribution in [2.45, 2.75) is 20.3 Å². The Morgan fingerprint density at radius 1 is 1.21 bits per heavy atom. The number of amides is 2. The number of carbonyl (C=O) groups excluding carboxylic acids is 2. The van der Waals surface area contributed by atoms with E-state index in [4.69, 9.17) is 5.73 Å². The molecule has 0 aromatic carbocycles. The summed E-state index contributed by atoms with van der Waals surface area (Å²) in [6.45, 7) is 4.92. The fraction of sp³-hybridized carbons (Fsp3) is 0.778. The van der Waals surface area contributed by atoms with Crippen LogP contribution in [0.3, 0.4) is 0 Å². The maximum Gasteiger partial charge on any atom is 0.222 e. The summed E-state index contributed by atoms with van der Waals surface area (Å²) in [7, 11) is 0. The lowest BCUT2D eigenvalue weighted by molar-refractivity contribution is -0.124. The number of rotatable bonds is 6. The summed E-state index contributed by atoms with van der Waals surface area (Å²) in [4.78, 5) is 22.0. The number of nitrogens with two attached hydrogens (primary N) is 1. The van der Waals surface area contributed by atoms with Gasteiger partial charge in [-0.15, -0.1) is 0 Å². The molecule has 0 aliphatic rings. The molecule has 0 saturated carbocycles. The second kappa shape index (κ2) is 7.32. The molecule has 82 valence electrons. The zero-order valence-electron chi connectivity index (χ0n) is 8.80. The van der Waals surface area contributed by atoms with E-state index >= 15 is 0 Å². The minimum absolute atomic E-state index is 0.00178. The molecule has 0 aliphatic carbocycles. The minimum Gasteiger partial charge on any atom is -0.354 e. The minimum atomic E-state index is -0.0775. The number of hydrogen-bond acceptors (Lipinski definition) is 3. The summed E-state index contributed by atoms with van der Waals surface area (Å²) >= 11 is 0. The smallest absolute Gasteiger partial charge is 0.222 e. The van der Waals surface area contributed by atoms with Crippen LogP contribution in [0, 0.1) is 5.92 Å². The largest absolute Gasteiger partial charge is 0.354 e. The van der Waals surface area contributed by atoms with Gasteiger partial charge in [-0.1, -0.05) is 13.8 Å². The van der Waals surface area contributed by atoms with Gasteiger partial charge in [-0.25, -0.2) is 0 Å². The zero-order chi connectivity index (χ0) is 11.0. The Bertz CT molecular complexity index is 192. The van der Waals surface area contributed by atoms with Crippen LogP contribution in [-0.4, -0.2) is 31.4 Å². The summed E-state index contributed by atoms with van der Waals surface area (Å²) in [5.41, 5.74) is 5.19. The molecule has 0 heterocycles. The Labute approximate surface area is 84.4 Å². The van der Waals surface area contributed by atoms with Gasteiger partial charge in [0.15, 0.2) is 0 Å². The van der Waals surface area contributed by atoms with Crippen LogP contribution >= 0.6 is 0 Å². The number of hydrogen-bond donors (Lipinski definition) is 3. The molecule has 0 bridgehead atoms. The summed E-state index contributed by atoms with van der Waals surface area (Å²) in [6, 6.07) is 0. The van der Waals surface area contributed by atoms with Crippen molar-refractivity contribution in [2.75, 3.05) is 19.6 Å². The summed E-state index contributed by atoms with van der Waals surface area (Å²) in [5.74, 6) is -0.0980. The lowest BCUT2D eigenvalue weighted by Crippen LogP contribution is -2.36. The van der Waals surface area contributed by atoms with E-state index < -0.39 is 0 Å². The monoisotopic (exact) mass is 201 g/mol. The van der Waals surface area contributed by atoms with E-state index in [9.17, 15) is 9.59 Å². The van der Waals surface area contributed by atoms with Crippen LogP contribution < -0.4 is 16.4 Å². The highest BCUT2D eigenvalue weighted by molar-refractivity contribution is 5.78. The van der Waals surface area contributed by atoms with Crippen molar-refractivity contribution in [1.29, 1.82) is 0 Å². The highest BCUT2D eigenvalue weighted by atomic mass is 16.2. The zero-order valence-corrected chi connectivity index (χ0v) is 8.80. The molecule has 0 aliphatic heterocycles. The van der Waals surface area contributed by atoms with E-state index in [1.165, 1.54) is 0 Å². The van der Waals surface area contributed by atoms with Crippen molar-refractivity contribution in [1.82, 2.24) is 10.6 Å². The van der Waals surface area contributed by atoms with E-state index in [2.05, 4.69) is 10.6 Å². The van der Waals surface area contributed by atoms with Gasteiger partial charge in [0.05, 0.1) is 0 Å². The third kappa shape index (κ3) is 6.42. The molecule has 0 rings (SSSR count). The van der Waals surface area contributed by atoms with Gasteiger partial charge in [0.2, 0.25) is 11.8 Å². The van der Waals surface area contributed by atoms with Crippen molar-refractivity contribution < 1.29 is 9.59 Å². The van der Waals surface area contributed by atoms with Crippen LogP contribution in [0.4, 0.5) is 0 Å². The van der Waals surface area contributed by atoms with Crippen LogP contribution in [0.2, 0.25) is 0 Å². The molecule has 0 saturated heterocycles. The van der Waals surface area contributed by atoms with E-state index in [0.29, 0.717) is 26.1 Å². The molecule has 0 unspecified atom stereocenters. The Hall–Kier alpha value is -1.10. The maximum atomic E-state index is 11.1. The molecule has 0 aromatic rings. The standard InChI is InChI=1S/C9H19N3O2/c1-7(2)9(14)12-6-5-11-8(13)3-4-10/h7H,3-6,10H2,1-2H3,(H,11,13)(H,12,14). The molecule has 0 fully saturated rings. The Morgan fingerprint density at radius 2 is 1.79 bits per heavy atom. The van der Waals surface area contributed by atoms with Crippen molar-refractivity contribution in [3.63, 3.8) is 0 Å². The van der Waals surface area contributed by atoms with Crippen LogP contribution in [-0.2, 0) is 9.59 Å². The van der Waals surface area contributed by atoms with Gasteiger partial charge in [-0.2, -0.15) is 0 Å². The maximum absolute atomic E-state index is 11.1. The predicted octanol–water partition coefficient (Wildman–Crippen LogP) is -0.776. The fourth-order valence-electron chi connectivity index (χ4n) is 0.811. The van der Waals surface area contributed by atoms with E-state index in [1.807, 2.05) is 13.8 Å². The molecule has 0 atom stereocenters. The van der Waals surface area contributed by atoms with Crippen LogP contribution in [0.15, 0.2) is 0 Å². The fourth-order valence-corrected chi connectivity index (χ4v) is 0.811. The molecule has 0 radical (unpaired) electrons. The first-order chi connectivity index (χ1) is 6.57. The lowest BCUT2D eigenvalue weighted by Gasteiger charge is -2.08. The SMILES string of the molecule is CC(C)C(=O)NCCNC(=O)CCN. The van der Waals surface area contributed by atoms with Crippen molar-refractivity contribution in [3.8, 4) is 0 Å². The Balaban J connectivity index is 3.38. The summed E-state index contributed by atoms with van der Waals surface area (Å²) in [5, 5.41) is 5.34. The highest BCUT2D eigenvalue weighted by Gasteiger charge is 2.05. The van der Waals surface area contributed by atoms with E-state index in [1.54, 1.807) is 0 Å². The topological polar surface area (TPSA) is 84.2 Å². The van der Waals surface area contributed by atoms with Crippen molar-refractivity contribution >= 4 is 11.8 Å². The lowest BCUT2D eigenvalue weighted by atomic mass is 10.2. The van der Waals surface area contributed by atoms with E-state index in [-0.39, 0.29) is 17.7 Å². The van der Waals surface area contributed by atoms with Crippen LogP contribution in [0.5, 0.6) is 0 Å². The molecule has 5 heteroatoms. The van der Waals surface area contributed by atoms with Gasteiger partial charge in [0, 0.05) is 32.0 Å². The normalized spacial score (nSPS) is 10.0. The van der Waals surface area contributed by atoms with Crippen LogP contribution in [0.25, 0.3) is 0 Å². The second-order valence-corrected chi connectivity index (χ2v) is 3.33. The average molecular weight is 201 g/mol. The average Bonchev–Trinajstić information content (AvgIpc) is 2.12.